The fourth-order valence-electron chi connectivity index (χ4n) is 1.63. The quantitative estimate of drug-likeness (QED) is 0.733. The van der Waals surface area contributed by atoms with Crippen molar-refractivity contribution in [3.63, 3.8) is 0 Å². The molecule has 1 unspecified atom stereocenters. The summed E-state index contributed by atoms with van der Waals surface area (Å²) in [6.07, 6.45) is 0.899. The topological polar surface area (TPSA) is 13.1 Å². The molecule has 1 aromatic heterocycles. The van der Waals surface area contributed by atoms with Crippen LogP contribution in [0, 0.1) is 6.92 Å². The van der Waals surface area contributed by atoms with Crippen molar-refractivity contribution in [3.05, 3.63) is 58.5 Å². The number of hydrogen-bond acceptors (Lipinski definition) is 1. The molecule has 0 saturated carbocycles. The fourth-order valence-corrected chi connectivity index (χ4v) is 2.38. The van der Waals surface area contributed by atoms with E-state index in [4.69, 9.17) is 16.0 Å². The first-order chi connectivity index (χ1) is 7.66. The van der Waals surface area contributed by atoms with E-state index in [1.165, 1.54) is 11.1 Å². The van der Waals surface area contributed by atoms with E-state index >= 15 is 0 Å². The maximum absolute atomic E-state index is 5.75. The highest BCUT2D eigenvalue weighted by molar-refractivity contribution is 9.09. The minimum atomic E-state index is 0.168. The first-order valence-electron chi connectivity index (χ1n) is 5.10. The van der Waals surface area contributed by atoms with Crippen molar-refractivity contribution in [2.24, 2.45) is 0 Å². The zero-order valence-corrected chi connectivity index (χ0v) is 11.3. The van der Waals surface area contributed by atoms with Crippen LogP contribution in [0.5, 0.6) is 0 Å². The van der Waals surface area contributed by atoms with Gasteiger partial charge in [0.25, 0.3) is 0 Å². The van der Waals surface area contributed by atoms with Gasteiger partial charge in [0.1, 0.15) is 5.76 Å². The van der Waals surface area contributed by atoms with Crippen LogP contribution in [0.15, 0.2) is 40.8 Å². The van der Waals surface area contributed by atoms with Gasteiger partial charge in [-0.15, -0.1) is 0 Å². The van der Waals surface area contributed by atoms with E-state index < -0.39 is 0 Å². The van der Waals surface area contributed by atoms with Gasteiger partial charge < -0.3 is 4.42 Å². The molecule has 0 aliphatic carbocycles. The molecule has 0 aliphatic rings. The highest BCUT2D eigenvalue weighted by Crippen LogP contribution is 2.30. The molecule has 3 heteroatoms. The Morgan fingerprint density at radius 1 is 1.25 bits per heavy atom. The van der Waals surface area contributed by atoms with Gasteiger partial charge in [0, 0.05) is 0 Å². The van der Waals surface area contributed by atoms with Gasteiger partial charge in [-0.25, -0.2) is 0 Å². The normalized spacial score (nSPS) is 12.7. The molecular weight excluding hydrogens is 287 g/mol. The molecule has 0 radical (unpaired) electrons. The van der Waals surface area contributed by atoms with Gasteiger partial charge in [-0.3, -0.25) is 0 Å². The highest BCUT2D eigenvalue weighted by atomic mass is 79.9. The summed E-state index contributed by atoms with van der Waals surface area (Å²) in [5.41, 5.74) is 2.61. The van der Waals surface area contributed by atoms with Crippen LogP contribution < -0.4 is 0 Å². The second-order valence-corrected chi connectivity index (χ2v) is 5.22. The SMILES string of the molecule is Cc1ccccc1CC(Br)c1ccc(Cl)o1. The standard InChI is InChI=1S/C13H12BrClO/c1-9-4-2-3-5-10(9)8-11(14)12-6-7-13(15)16-12/h2-7,11H,8H2,1H3. The Morgan fingerprint density at radius 3 is 2.62 bits per heavy atom. The van der Waals surface area contributed by atoms with E-state index in [-0.39, 0.29) is 4.83 Å². The number of rotatable bonds is 3. The minimum absolute atomic E-state index is 0.168. The van der Waals surface area contributed by atoms with Crippen molar-refractivity contribution in [1.29, 1.82) is 0 Å². The third-order valence-corrected chi connectivity index (χ3v) is 3.54. The lowest BCUT2D eigenvalue weighted by Gasteiger charge is -2.09. The summed E-state index contributed by atoms with van der Waals surface area (Å²) in [4.78, 5) is 0.168. The van der Waals surface area contributed by atoms with Gasteiger partial charge in [-0.1, -0.05) is 40.2 Å². The molecule has 0 bridgehead atoms. The molecule has 0 amide bonds. The van der Waals surface area contributed by atoms with Gasteiger partial charge in [0.2, 0.25) is 0 Å². The maximum atomic E-state index is 5.75. The summed E-state index contributed by atoms with van der Waals surface area (Å²) in [6.45, 7) is 2.12. The Labute approximate surface area is 109 Å². The molecule has 0 spiro atoms. The molecule has 0 fully saturated rings. The van der Waals surface area contributed by atoms with E-state index in [1.807, 2.05) is 12.1 Å². The average Bonchev–Trinajstić information content (AvgIpc) is 2.68. The molecule has 1 nitrogen and oxygen atoms in total. The van der Waals surface area contributed by atoms with Crippen molar-refractivity contribution in [3.8, 4) is 0 Å². The monoisotopic (exact) mass is 298 g/mol. The summed E-state index contributed by atoms with van der Waals surface area (Å²) < 4.78 is 5.38. The predicted molar refractivity (Wildman–Crippen MR) is 70.3 cm³/mol. The van der Waals surface area contributed by atoms with Crippen LogP contribution in [0.2, 0.25) is 5.22 Å². The Morgan fingerprint density at radius 2 is 2.00 bits per heavy atom. The highest BCUT2D eigenvalue weighted by Gasteiger charge is 2.13. The number of benzene rings is 1. The smallest absolute Gasteiger partial charge is 0.193 e. The van der Waals surface area contributed by atoms with E-state index in [1.54, 1.807) is 6.07 Å². The number of aryl methyl sites for hydroxylation is 1. The van der Waals surface area contributed by atoms with Crippen LogP contribution in [-0.2, 0) is 6.42 Å². The number of furan rings is 1. The molecule has 1 atom stereocenters. The zero-order valence-electron chi connectivity index (χ0n) is 8.91. The minimum Gasteiger partial charge on any atom is -0.449 e. The Balaban J connectivity index is 2.13. The number of halogens is 2. The molecule has 1 aromatic carbocycles. The Kier molecular flexibility index (Phi) is 3.72. The predicted octanol–water partition coefficient (Wildman–Crippen LogP) is 4.92. The number of hydrogen-bond donors (Lipinski definition) is 0. The van der Waals surface area contributed by atoms with Gasteiger partial charge in [0.05, 0.1) is 4.83 Å². The fraction of sp³-hybridized carbons (Fsp3) is 0.231. The van der Waals surface area contributed by atoms with E-state index in [2.05, 4.69) is 41.1 Å². The van der Waals surface area contributed by atoms with Gasteiger partial charge in [-0.05, 0) is 48.2 Å². The molecule has 2 aromatic rings. The molecule has 2 rings (SSSR count). The summed E-state index contributed by atoms with van der Waals surface area (Å²) in [6, 6.07) is 12.0. The van der Waals surface area contributed by atoms with Gasteiger partial charge in [0.15, 0.2) is 5.22 Å². The third-order valence-electron chi connectivity index (χ3n) is 2.56. The molecule has 16 heavy (non-hydrogen) atoms. The lowest BCUT2D eigenvalue weighted by molar-refractivity contribution is 0.508. The Hall–Kier alpha value is -0.730. The lowest BCUT2D eigenvalue weighted by atomic mass is 10.0. The molecule has 0 aliphatic heterocycles. The molecule has 0 saturated heterocycles. The lowest BCUT2D eigenvalue weighted by Crippen LogP contribution is -1.95. The zero-order chi connectivity index (χ0) is 11.5. The second-order valence-electron chi connectivity index (χ2n) is 3.74. The van der Waals surface area contributed by atoms with Gasteiger partial charge >= 0.3 is 0 Å². The van der Waals surface area contributed by atoms with Crippen molar-refractivity contribution < 1.29 is 4.42 Å². The first kappa shape index (κ1) is 11.7. The molecule has 0 N–H and O–H groups in total. The van der Waals surface area contributed by atoms with Crippen LogP contribution in [0.25, 0.3) is 0 Å². The average molecular weight is 300 g/mol. The summed E-state index contributed by atoms with van der Waals surface area (Å²) >= 11 is 9.37. The maximum Gasteiger partial charge on any atom is 0.193 e. The third kappa shape index (κ3) is 2.69. The van der Waals surface area contributed by atoms with E-state index in [0.717, 1.165) is 12.2 Å². The van der Waals surface area contributed by atoms with Gasteiger partial charge in [-0.2, -0.15) is 0 Å². The van der Waals surface area contributed by atoms with Crippen molar-refractivity contribution >= 4 is 27.5 Å². The molecule has 84 valence electrons. The molecular formula is C13H12BrClO. The van der Waals surface area contributed by atoms with Crippen LogP contribution in [0.1, 0.15) is 21.7 Å². The van der Waals surface area contributed by atoms with Crippen molar-refractivity contribution in [2.45, 2.75) is 18.2 Å². The molecule has 1 heterocycles. The Bertz CT molecular complexity index is 478. The first-order valence-corrected chi connectivity index (χ1v) is 6.40. The van der Waals surface area contributed by atoms with Crippen LogP contribution in [0.4, 0.5) is 0 Å². The van der Waals surface area contributed by atoms with Crippen LogP contribution >= 0.6 is 27.5 Å². The summed E-state index contributed by atoms with van der Waals surface area (Å²) in [7, 11) is 0. The summed E-state index contributed by atoms with van der Waals surface area (Å²) in [5, 5.41) is 0.434. The summed E-state index contributed by atoms with van der Waals surface area (Å²) in [5.74, 6) is 0.869. The van der Waals surface area contributed by atoms with Crippen LogP contribution in [-0.4, -0.2) is 0 Å². The van der Waals surface area contributed by atoms with E-state index in [0.29, 0.717) is 5.22 Å². The number of alkyl halides is 1. The second kappa shape index (κ2) is 5.07. The largest absolute Gasteiger partial charge is 0.449 e. The van der Waals surface area contributed by atoms with E-state index in [9.17, 15) is 0 Å². The van der Waals surface area contributed by atoms with Crippen molar-refractivity contribution in [1.82, 2.24) is 0 Å². The van der Waals surface area contributed by atoms with Crippen molar-refractivity contribution in [2.75, 3.05) is 0 Å². The van der Waals surface area contributed by atoms with Crippen LogP contribution in [0.3, 0.4) is 0 Å².